The normalized spacial score (nSPS) is 12.6. The van der Waals surface area contributed by atoms with Crippen molar-refractivity contribution in [2.24, 2.45) is 0 Å². The molecule has 0 saturated carbocycles. The van der Waals surface area contributed by atoms with E-state index in [1.165, 1.54) is 32.7 Å². The highest BCUT2D eigenvalue weighted by molar-refractivity contribution is 6.10. The molecule has 0 saturated heterocycles. The van der Waals surface area contributed by atoms with Gasteiger partial charge >= 0.3 is 0 Å². The van der Waals surface area contributed by atoms with Gasteiger partial charge in [0.2, 0.25) is 11.9 Å². The standard InChI is InChI=1S/C41H37N5/c1-40(2,3)27-15-13-14-26(24-27)37-42-38(45-33-19-10-7-16-29(33)30-17-8-11-20-34(30)45)44-39(43-37)46-35-21-12-9-18-31(35)32-25-28(41(4,5)6)22-23-36(32)46/h7-25H,1-6H3. The van der Waals surface area contributed by atoms with Crippen molar-refractivity contribution in [2.75, 3.05) is 0 Å². The van der Waals surface area contributed by atoms with E-state index in [1.54, 1.807) is 0 Å². The molecule has 0 radical (unpaired) electrons. The molecule has 5 heteroatoms. The summed E-state index contributed by atoms with van der Waals surface area (Å²) in [6, 6.07) is 40.9. The predicted octanol–water partition coefficient (Wildman–Crippen LogP) is 10.3. The maximum absolute atomic E-state index is 5.29. The van der Waals surface area contributed by atoms with Gasteiger partial charge in [0.1, 0.15) is 0 Å². The smallest absolute Gasteiger partial charge is 0.240 e. The Labute approximate surface area is 269 Å². The Morgan fingerprint density at radius 3 is 1.39 bits per heavy atom. The Morgan fingerprint density at radius 1 is 0.413 bits per heavy atom. The van der Waals surface area contributed by atoms with Crippen LogP contribution in [0, 0.1) is 0 Å². The minimum atomic E-state index is -0.0148. The van der Waals surface area contributed by atoms with E-state index in [9.17, 15) is 0 Å². The van der Waals surface area contributed by atoms with Gasteiger partial charge in [-0.3, -0.25) is 9.13 Å². The molecule has 0 spiro atoms. The van der Waals surface area contributed by atoms with Crippen LogP contribution in [0.1, 0.15) is 52.7 Å². The van der Waals surface area contributed by atoms with E-state index >= 15 is 0 Å². The maximum Gasteiger partial charge on any atom is 0.240 e. The molecule has 0 aliphatic heterocycles. The Balaban J connectivity index is 1.48. The lowest BCUT2D eigenvalue weighted by molar-refractivity contribution is 0.590. The summed E-state index contributed by atoms with van der Waals surface area (Å²) in [6.07, 6.45) is 0. The summed E-state index contributed by atoms with van der Waals surface area (Å²) in [5, 5.41) is 4.71. The van der Waals surface area contributed by atoms with Crippen LogP contribution in [0.3, 0.4) is 0 Å². The van der Waals surface area contributed by atoms with Crippen LogP contribution in [0.5, 0.6) is 0 Å². The lowest BCUT2D eigenvalue weighted by Crippen LogP contribution is -2.12. The summed E-state index contributed by atoms with van der Waals surface area (Å²) in [5.74, 6) is 1.83. The van der Waals surface area contributed by atoms with Crippen LogP contribution >= 0.6 is 0 Å². The minimum absolute atomic E-state index is 0.0148. The quantitative estimate of drug-likeness (QED) is 0.203. The number of rotatable bonds is 3. The zero-order valence-corrected chi connectivity index (χ0v) is 27.2. The van der Waals surface area contributed by atoms with Gasteiger partial charge in [0.05, 0.1) is 22.1 Å². The second-order valence-electron chi connectivity index (χ2n) is 14.3. The largest absolute Gasteiger partial charge is 0.278 e. The molecule has 0 unspecified atom stereocenters. The van der Waals surface area contributed by atoms with E-state index < -0.39 is 0 Å². The molecule has 0 aliphatic carbocycles. The topological polar surface area (TPSA) is 48.5 Å². The van der Waals surface area contributed by atoms with Gasteiger partial charge in [0.25, 0.3) is 0 Å². The van der Waals surface area contributed by atoms with Gasteiger partial charge in [-0.1, -0.05) is 120 Å². The van der Waals surface area contributed by atoms with E-state index in [-0.39, 0.29) is 10.8 Å². The van der Waals surface area contributed by atoms with Gasteiger partial charge in [0, 0.05) is 27.1 Å². The number of aromatic nitrogens is 5. The van der Waals surface area contributed by atoms with Crippen molar-refractivity contribution in [3.63, 3.8) is 0 Å². The van der Waals surface area contributed by atoms with E-state index in [2.05, 4.69) is 166 Å². The fourth-order valence-electron chi connectivity index (χ4n) is 6.60. The molecule has 0 atom stereocenters. The fraction of sp³-hybridized carbons (Fsp3) is 0.195. The molecule has 3 heterocycles. The molecule has 0 bridgehead atoms. The second-order valence-corrected chi connectivity index (χ2v) is 14.3. The molecular formula is C41H37N5. The van der Waals surface area contributed by atoms with Gasteiger partial charge in [-0.25, -0.2) is 0 Å². The van der Waals surface area contributed by atoms with Crippen molar-refractivity contribution in [3.8, 4) is 23.3 Å². The summed E-state index contributed by atoms with van der Waals surface area (Å²) >= 11 is 0. The third-order valence-corrected chi connectivity index (χ3v) is 9.12. The van der Waals surface area contributed by atoms with Crippen LogP contribution in [-0.2, 0) is 10.8 Å². The highest BCUT2D eigenvalue weighted by Crippen LogP contribution is 2.36. The highest BCUT2D eigenvalue weighted by Gasteiger charge is 2.22. The van der Waals surface area contributed by atoms with E-state index in [0.717, 1.165) is 27.6 Å². The zero-order chi connectivity index (χ0) is 31.8. The SMILES string of the molecule is CC(C)(C)c1cccc(-c2nc(-n3c4ccccc4c4ccccc43)nc(-n3c4ccccc4c4cc(C(C)(C)C)ccc43)n2)c1. The summed E-state index contributed by atoms with van der Waals surface area (Å²) in [4.78, 5) is 15.7. The van der Waals surface area contributed by atoms with Crippen LogP contribution in [0.15, 0.2) is 115 Å². The molecule has 3 aromatic heterocycles. The third-order valence-electron chi connectivity index (χ3n) is 9.12. The molecule has 226 valence electrons. The van der Waals surface area contributed by atoms with Crippen molar-refractivity contribution in [3.05, 3.63) is 126 Å². The average Bonchev–Trinajstić information content (AvgIpc) is 3.57. The molecule has 5 aromatic carbocycles. The number of nitrogens with zero attached hydrogens (tertiary/aromatic N) is 5. The molecule has 0 amide bonds. The van der Waals surface area contributed by atoms with E-state index in [4.69, 9.17) is 15.0 Å². The first-order valence-corrected chi connectivity index (χ1v) is 16.0. The van der Waals surface area contributed by atoms with Crippen LogP contribution in [0.4, 0.5) is 0 Å². The second kappa shape index (κ2) is 10.1. The van der Waals surface area contributed by atoms with Crippen molar-refractivity contribution in [2.45, 2.75) is 52.4 Å². The van der Waals surface area contributed by atoms with Gasteiger partial charge in [-0.2, -0.15) is 15.0 Å². The molecule has 5 nitrogen and oxygen atoms in total. The van der Waals surface area contributed by atoms with E-state index in [1.807, 2.05) is 0 Å². The monoisotopic (exact) mass is 599 g/mol. The maximum atomic E-state index is 5.29. The molecular weight excluding hydrogens is 562 g/mol. The van der Waals surface area contributed by atoms with Crippen LogP contribution in [-0.4, -0.2) is 24.1 Å². The Kier molecular flexibility index (Phi) is 6.20. The van der Waals surface area contributed by atoms with Crippen molar-refractivity contribution in [1.29, 1.82) is 0 Å². The van der Waals surface area contributed by atoms with Crippen molar-refractivity contribution in [1.82, 2.24) is 24.1 Å². The first-order chi connectivity index (χ1) is 22.1. The Bertz CT molecular complexity index is 2390. The van der Waals surface area contributed by atoms with Crippen molar-refractivity contribution >= 4 is 43.6 Å². The van der Waals surface area contributed by atoms with Gasteiger partial charge in [-0.05, 0) is 58.4 Å². The minimum Gasteiger partial charge on any atom is -0.278 e. The summed E-state index contributed by atoms with van der Waals surface area (Å²) in [5.41, 5.74) is 7.77. The average molecular weight is 600 g/mol. The molecule has 8 rings (SSSR count). The zero-order valence-electron chi connectivity index (χ0n) is 27.2. The fourth-order valence-corrected chi connectivity index (χ4v) is 6.60. The highest BCUT2D eigenvalue weighted by atomic mass is 15.3. The van der Waals surface area contributed by atoms with Gasteiger partial charge in [-0.15, -0.1) is 0 Å². The van der Waals surface area contributed by atoms with Crippen LogP contribution < -0.4 is 0 Å². The number of benzene rings is 5. The number of para-hydroxylation sites is 3. The first kappa shape index (κ1) is 28.2. The number of fused-ring (bicyclic) bond motifs is 6. The van der Waals surface area contributed by atoms with Gasteiger partial charge in [0.15, 0.2) is 5.82 Å². The van der Waals surface area contributed by atoms with Crippen molar-refractivity contribution < 1.29 is 0 Å². The molecule has 0 aliphatic rings. The lowest BCUT2D eigenvalue weighted by Gasteiger charge is -2.20. The summed E-state index contributed by atoms with van der Waals surface area (Å²) < 4.78 is 4.38. The molecule has 46 heavy (non-hydrogen) atoms. The van der Waals surface area contributed by atoms with Crippen LogP contribution in [0.25, 0.3) is 66.9 Å². The lowest BCUT2D eigenvalue weighted by atomic mass is 9.86. The predicted molar refractivity (Wildman–Crippen MR) is 191 cm³/mol. The first-order valence-electron chi connectivity index (χ1n) is 16.0. The Morgan fingerprint density at radius 2 is 0.870 bits per heavy atom. The van der Waals surface area contributed by atoms with E-state index in [0.29, 0.717) is 17.7 Å². The number of hydrogen-bond acceptors (Lipinski definition) is 3. The molecule has 0 N–H and O–H groups in total. The van der Waals surface area contributed by atoms with Gasteiger partial charge < -0.3 is 0 Å². The van der Waals surface area contributed by atoms with Crippen LogP contribution in [0.2, 0.25) is 0 Å². The summed E-state index contributed by atoms with van der Waals surface area (Å²) in [7, 11) is 0. The number of hydrogen-bond donors (Lipinski definition) is 0. The third kappa shape index (κ3) is 4.49. The molecule has 8 aromatic rings. The Hall–Kier alpha value is -5.29. The summed E-state index contributed by atoms with van der Waals surface area (Å²) in [6.45, 7) is 13.5. The molecule has 0 fully saturated rings.